The van der Waals surface area contributed by atoms with Gasteiger partial charge in [0, 0.05) is 65.4 Å². The van der Waals surface area contributed by atoms with E-state index in [4.69, 9.17) is 10.2 Å². The van der Waals surface area contributed by atoms with Gasteiger partial charge in [-0.25, -0.2) is 0 Å². The van der Waals surface area contributed by atoms with Gasteiger partial charge >= 0.3 is 68.3 Å². The van der Waals surface area contributed by atoms with Crippen LogP contribution in [0.4, 0.5) is 0 Å². The number of hydrogen-bond acceptors (Lipinski definition) is 14. The van der Waals surface area contributed by atoms with Crippen LogP contribution in [0.1, 0.15) is 58.3 Å². The molecule has 0 amide bonds. The summed E-state index contributed by atoms with van der Waals surface area (Å²) in [6.07, 6.45) is 9.23. The van der Waals surface area contributed by atoms with Crippen molar-refractivity contribution in [1.29, 1.82) is 0 Å². The van der Waals surface area contributed by atoms with E-state index in [2.05, 4.69) is 129 Å². The van der Waals surface area contributed by atoms with Gasteiger partial charge in [-0.3, -0.25) is 0 Å². The zero-order chi connectivity index (χ0) is 44.5. The minimum Gasteiger partial charge on any atom is -0.412 e. The first-order chi connectivity index (χ1) is 28.6. The molecule has 0 radical (unpaired) electrons. The average molecular weight is 1170 g/mol. The Hall–Kier alpha value is 1.32. The van der Waals surface area contributed by atoms with Crippen LogP contribution in [-0.4, -0.2) is 343 Å². The van der Waals surface area contributed by atoms with E-state index >= 15 is 0 Å². The Morgan fingerprint density at radius 1 is 0.246 bits per heavy atom. The van der Waals surface area contributed by atoms with E-state index in [1.807, 2.05) is 0 Å². The van der Waals surface area contributed by atoms with Crippen molar-refractivity contribution in [2.75, 3.05) is 241 Å². The fourth-order valence-corrected chi connectivity index (χ4v) is 8.17. The summed E-state index contributed by atoms with van der Waals surface area (Å²) in [6, 6.07) is 0. The Labute approximate surface area is 467 Å². The van der Waals surface area contributed by atoms with Crippen LogP contribution in [0.15, 0.2) is 0 Å². The monoisotopic (exact) mass is 1170 g/mol. The summed E-state index contributed by atoms with van der Waals surface area (Å²) in [6.45, 7) is 33.2. The van der Waals surface area contributed by atoms with Gasteiger partial charge in [-0.15, -0.1) is 0 Å². The third kappa shape index (κ3) is 56.9. The Morgan fingerprint density at radius 2 is 0.362 bits per heavy atom. The Morgan fingerprint density at radius 3 is 0.522 bits per heavy atom. The second kappa shape index (κ2) is 58.6. The second-order valence-corrected chi connectivity index (χ2v) is 19.2. The van der Waals surface area contributed by atoms with Gasteiger partial charge < -0.3 is 96.4 Å². The van der Waals surface area contributed by atoms with Gasteiger partial charge in [0.2, 0.25) is 0 Å². The first kappa shape index (κ1) is 89.9. The van der Waals surface area contributed by atoms with Crippen molar-refractivity contribution in [3.63, 3.8) is 0 Å². The van der Waals surface area contributed by atoms with Gasteiger partial charge in [-0.1, -0.05) is 0 Å². The molecule has 0 atom stereocenters. The molecule has 4 aliphatic rings. The molecule has 0 bridgehead atoms. The van der Waals surface area contributed by atoms with Crippen LogP contribution in [0.5, 0.6) is 0 Å². The molecule has 19 nitrogen and oxygen atoms in total. The molecule has 4 rings (SSSR count). The smallest absolute Gasteiger partial charge is 0.412 e. The summed E-state index contributed by atoms with van der Waals surface area (Å²) in [5.74, 6) is 0. The molecule has 4 aliphatic heterocycles. The standard InChI is InChI=1S/C22H48N6.2C11H25N3.C2H6O2.4Mn.5H2O/c1-23-9-5-11-25(3)17-19-27(15-7-13-23)21-22-28-16-8-14-24(2)10-6-12-26(4)18-20-28;2*1-12-6-4-8-13(2)10-11-14(3)9-5-7-12;1-2(3)4;;;;;;;;;/h5-22H2,1-4H3;2*4-11H2,1-3H3;2-4H,1H3;;;;;5*1H2/q;;;;4*+3;;;;;. The maximum absolute atomic E-state index is 7.61. The molecule has 416 valence electrons. The van der Waals surface area contributed by atoms with Crippen molar-refractivity contribution in [3.8, 4) is 0 Å². The van der Waals surface area contributed by atoms with E-state index in [-0.39, 0.29) is 95.7 Å². The van der Waals surface area contributed by atoms with Crippen LogP contribution in [0.2, 0.25) is 0 Å². The van der Waals surface area contributed by atoms with E-state index in [1.165, 1.54) is 228 Å². The maximum Gasteiger partial charge on any atom is 3.00 e. The van der Waals surface area contributed by atoms with E-state index in [0.29, 0.717) is 0 Å². The fraction of sp³-hybridized carbons (Fsp3) is 1.00. The molecule has 4 saturated heterocycles. The van der Waals surface area contributed by atoms with Crippen LogP contribution in [0, 0.1) is 0 Å². The van der Waals surface area contributed by atoms with Gasteiger partial charge in [0.25, 0.3) is 0 Å². The van der Waals surface area contributed by atoms with E-state index < -0.39 is 6.29 Å². The minimum absolute atomic E-state index is 0. The van der Waals surface area contributed by atoms with Crippen LogP contribution in [0.25, 0.3) is 0 Å². The SMILES string of the molecule is CC(O)O.CN1CCCN(C)CCN(C)CCC1.CN1CCCN(C)CCN(C)CCC1.CN1CCCN(C)CCN(CCN2CCCN(C)CCCN(C)CC2)CCC1.O.O.O.O.O.[Mn+3].[Mn+3].[Mn+3].[Mn+3]. The summed E-state index contributed by atoms with van der Waals surface area (Å²) < 4.78 is 0. The summed E-state index contributed by atoms with van der Waals surface area (Å²) in [7, 11) is 22.5. The third-order valence-corrected chi connectivity index (χ3v) is 12.6. The van der Waals surface area contributed by atoms with E-state index in [1.54, 1.807) is 0 Å². The molecule has 4 fully saturated rings. The Bertz CT molecular complexity index is 894. The number of likely N-dealkylation sites (N-methyl/N-ethyl adjacent to an activating group) is 6. The summed E-state index contributed by atoms with van der Waals surface area (Å²) in [5, 5.41) is 15.2. The molecule has 4 heterocycles. The molecule has 69 heavy (non-hydrogen) atoms. The first-order valence-corrected chi connectivity index (χ1v) is 24.3. The van der Waals surface area contributed by atoms with Crippen molar-refractivity contribution in [2.45, 2.75) is 64.6 Å². The van der Waals surface area contributed by atoms with Crippen molar-refractivity contribution in [3.05, 3.63) is 0 Å². The molecule has 0 aromatic heterocycles. The van der Waals surface area contributed by atoms with Crippen LogP contribution >= 0.6 is 0 Å². The molecule has 0 unspecified atom stereocenters. The largest absolute Gasteiger partial charge is 3.00 e. The van der Waals surface area contributed by atoms with Gasteiger partial charge in [-0.05, 0) is 233 Å². The quantitative estimate of drug-likeness (QED) is 0.215. The molecular formula is C46H114Mn4N12O7+12. The molecule has 0 saturated carbocycles. The van der Waals surface area contributed by atoms with Gasteiger partial charge in [0.1, 0.15) is 6.29 Å². The first-order valence-electron chi connectivity index (χ1n) is 24.3. The van der Waals surface area contributed by atoms with Crippen molar-refractivity contribution < 1.29 is 106 Å². The van der Waals surface area contributed by atoms with Crippen molar-refractivity contribution in [2.24, 2.45) is 0 Å². The number of aliphatic hydroxyl groups is 2. The Balaban J connectivity index is -0.000000108. The van der Waals surface area contributed by atoms with E-state index in [9.17, 15) is 0 Å². The Kier molecular flexibility index (Phi) is 76.3. The van der Waals surface area contributed by atoms with Crippen molar-refractivity contribution in [1.82, 2.24) is 58.8 Å². The predicted molar refractivity (Wildman–Crippen MR) is 277 cm³/mol. The predicted octanol–water partition coefficient (Wildman–Crippen LogP) is -2.76. The van der Waals surface area contributed by atoms with Crippen LogP contribution in [-0.2, 0) is 68.3 Å². The number of hydrogen-bond donors (Lipinski definition) is 2. The zero-order valence-electron chi connectivity index (χ0n) is 45.9. The normalized spacial score (nSPS) is 21.8. The summed E-state index contributed by atoms with van der Waals surface area (Å²) in [4.78, 5) is 30.2. The molecule has 0 spiro atoms. The van der Waals surface area contributed by atoms with Gasteiger partial charge in [0.05, 0.1) is 0 Å². The second-order valence-electron chi connectivity index (χ2n) is 19.2. The molecule has 23 heteroatoms. The fourth-order valence-electron chi connectivity index (χ4n) is 8.17. The molecular weight excluding hydrogens is 1050 g/mol. The maximum atomic E-state index is 7.61. The third-order valence-electron chi connectivity index (χ3n) is 12.6. The van der Waals surface area contributed by atoms with Crippen LogP contribution in [0.3, 0.4) is 0 Å². The summed E-state index contributed by atoms with van der Waals surface area (Å²) in [5.41, 5.74) is 0. The molecule has 0 aliphatic carbocycles. The number of aliphatic hydroxyl groups excluding tert-OH is 1. The van der Waals surface area contributed by atoms with Gasteiger partial charge in [-0.2, -0.15) is 0 Å². The van der Waals surface area contributed by atoms with Gasteiger partial charge in [0.15, 0.2) is 0 Å². The number of rotatable bonds is 3. The van der Waals surface area contributed by atoms with E-state index in [0.717, 1.165) is 0 Å². The molecule has 0 aromatic carbocycles. The average Bonchev–Trinajstić information content (AvgIpc) is 3.28. The minimum atomic E-state index is -1.17. The van der Waals surface area contributed by atoms with Crippen LogP contribution < -0.4 is 0 Å². The molecule has 0 aromatic rings. The zero-order valence-corrected chi connectivity index (χ0v) is 50.6. The molecule has 12 N–H and O–H groups in total. The topological polar surface area (TPSA) is 237 Å². The summed E-state index contributed by atoms with van der Waals surface area (Å²) >= 11 is 0. The number of nitrogens with zero attached hydrogens (tertiary/aromatic N) is 12. The van der Waals surface area contributed by atoms with Crippen molar-refractivity contribution >= 4 is 0 Å².